The molecule has 1 aromatic heterocycles. The third kappa shape index (κ3) is 1.02. The van der Waals surface area contributed by atoms with E-state index in [1.807, 2.05) is 0 Å². The molecule has 0 atom stereocenters. The number of nitrogens with two attached hydrogens (primary N) is 1. The molecule has 12 heavy (non-hydrogen) atoms. The molecule has 0 radical (unpaired) electrons. The summed E-state index contributed by atoms with van der Waals surface area (Å²) in [5.74, 6) is -2.25. The van der Waals surface area contributed by atoms with Gasteiger partial charge in [-0.25, -0.2) is 0 Å². The molecule has 0 aliphatic heterocycles. The Labute approximate surface area is 64.0 Å². The Bertz CT molecular complexity index is 342. The number of nitrogens with zero attached hydrogens (tertiary/aromatic N) is 3. The largest absolute Gasteiger partial charge is 0.446 e. The molecule has 9 nitrogen and oxygen atoms in total. The third-order valence-corrected chi connectivity index (χ3v) is 1.00. The molecule has 1 heterocycles. The summed E-state index contributed by atoms with van der Waals surface area (Å²) in [6, 6.07) is 0. The highest BCUT2D eigenvalue weighted by Crippen LogP contribution is 2.08. The lowest BCUT2D eigenvalue weighted by atomic mass is 10.4. The molecule has 1 amide bonds. The Kier molecular flexibility index (Phi) is 1.62. The standard InChI is InChI=1S/C3H2N4O5/c4-2(8)1-3(6(9)10)5-12-7(1)11/h(H2,4,8). The predicted molar refractivity (Wildman–Crippen MR) is 30.6 cm³/mol. The molecule has 0 saturated carbocycles. The van der Waals surface area contributed by atoms with Crippen LogP contribution in [-0.2, 0) is 0 Å². The number of rotatable bonds is 2. The number of carbonyl (C=O) groups is 1. The van der Waals surface area contributed by atoms with Crippen LogP contribution < -0.4 is 10.6 Å². The average Bonchev–Trinajstić information content (AvgIpc) is 2.30. The second-order valence-electron chi connectivity index (χ2n) is 1.72. The van der Waals surface area contributed by atoms with Crippen molar-refractivity contribution >= 4 is 11.7 Å². The van der Waals surface area contributed by atoms with Crippen molar-refractivity contribution in [2.24, 2.45) is 5.73 Å². The molecule has 64 valence electrons. The minimum atomic E-state index is -1.27. The molecule has 9 heteroatoms. The van der Waals surface area contributed by atoms with Gasteiger partial charge >= 0.3 is 17.4 Å². The fraction of sp³-hybridized carbons (Fsp3) is 0. The van der Waals surface area contributed by atoms with Crippen molar-refractivity contribution in [3.8, 4) is 0 Å². The Hall–Kier alpha value is -2.19. The maximum absolute atomic E-state index is 10.5. The van der Waals surface area contributed by atoms with Crippen molar-refractivity contribution < 1.29 is 19.2 Å². The predicted octanol–water partition coefficient (Wildman–Crippen LogP) is -1.68. The van der Waals surface area contributed by atoms with Crippen LogP contribution in [0.15, 0.2) is 4.63 Å². The van der Waals surface area contributed by atoms with Crippen LogP contribution in [0.5, 0.6) is 0 Å². The molecule has 1 aromatic rings. The summed E-state index contributed by atoms with van der Waals surface area (Å²) < 4.78 is 3.79. The molecular formula is C3H2N4O5. The lowest BCUT2D eigenvalue weighted by Gasteiger charge is -1.89. The monoisotopic (exact) mass is 174 g/mol. The van der Waals surface area contributed by atoms with Gasteiger partial charge in [0.25, 0.3) is 0 Å². The first-order valence-corrected chi connectivity index (χ1v) is 2.58. The summed E-state index contributed by atoms with van der Waals surface area (Å²) in [6.07, 6.45) is 0. The Morgan fingerprint density at radius 3 is 2.67 bits per heavy atom. The molecule has 0 spiro atoms. The van der Waals surface area contributed by atoms with Crippen LogP contribution in [0, 0.1) is 15.3 Å². The van der Waals surface area contributed by atoms with Gasteiger partial charge in [-0.2, -0.15) is 0 Å². The van der Waals surface area contributed by atoms with Crippen LogP contribution in [0.25, 0.3) is 0 Å². The molecular weight excluding hydrogens is 172 g/mol. The van der Waals surface area contributed by atoms with Crippen LogP contribution in [0.3, 0.4) is 0 Å². The maximum Gasteiger partial charge on any atom is 0.446 e. The van der Waals surface area contributed by atoms with E-state index in [1.54, 1.807) is 0 Å². The van der Waals surface area contributed by atoms with Gasteiger partial charge in [0.15, 0.2) is 0 Å². The van der Waals surface area contributed by atoms with Gasteiger partial charge < -0.3 is 21.1 Å². The normalized spacial score (nSPS) is 9.67. The molecule has 0 aliphatic rings. The summed E-state index contributed by atoms with van der Waals surface area (Å²) in [5.41, 5.74) is 3.72. The first kappa shape index (κ1) is 7.91. The first-order valence-electron chi connectivity index (χ1n) is 2.58. The second kappa shape index (κ2) is 2.45. The topological polar surface area (TPSA) is 139 Å². The smallest absolute Gasteiger partial charge is 0.362 e. The van der Waals surface area contributed by atoms with Crippen molar-refractivity contribution in [1.29, 1.82) is 0 Å². The number of aromatic nitrogens is 2. The summed E-state index contributed by atoms with van der Waals surface area (Å²) in [6.45, 7) is 0. The first-order chi connectivity index (χ1) is 5.54. The second-order valence-corrected chi connectivity index (χ2v) is 1.72. The number of primary amides is 1. The van der Waals surface area contributed by atoms with Gasteiger partial charge in [0.05, 0.1) is 5.16 Å². The van der Waals surface area contributed by atoms with E-state index in [0.717, 1.165) is 0 Å². The zero-order valence-electron chi connectivity index (χ0n) is 5.46. The fourth-order valence-electron chi connectivity index (χ4n) is 0.561. The van der Waals surface area contributed by atoms with E-state index in [2.05, 4.69) is 15.5 Å². The fourth-order valence-corrected chi connectivity index (χ4v) is 0.561. The lowest BCUT2D eigenvalue weighted by molar-refractivity contribution is -0.803. The van der Waals surface area contributed by atoms with Crippen LogP contribution >= 0.6 is 0 Å². The quantitative estimate of drug-likeness (QED) is 0.322. The van der Waals surface area contributed by atoms with E-state index in [9.17, 15) is 20.1 Å². The number of nitro groups is 1. The third-order valence-electron chi connectivity index (χ3n) is 1.00. The molecule has 0 unspecified atom stereocenters. The molecule has 0 aliphatic carbocycles. The van der Waals surface area contributed by atoms with E-state index in [4.69, 9.17) is 0 Å². The SMILES string of the molecule is NC(=O)c1c([N+](=O)[O-])no[n+]1[O-]. The van der Waals surface area contributed by atoms with Gasteiger partial charge in [0.2, 0.25) is 0 Å². The van der Waals surface area contributed by atoms with E-state index < -0.39 is 27.2 Å². The summed E-state index contributed by atoms with van der Waals surface area (Å²) in [5, 5.41) is 23.2. The number of hydrogen-bond acceptors (Lipinski definition) is 6. The van der Waals surface area contributed by atoms with Crippen LogP contribution in [0.2, 0.25) is 0 Å². The molecule has 0 fully saturated rings. The van der Waals surface area contributed by atoms with Crippen molar-refractivity contribution in [2.75, 3.05) is 0 Å². The van der Waals surface area contributed by atoms with Crippen molar-refractivity contribution in [2.45, 2.75) is 0 Å². The van der Waals surface area contributed by atoms with Gasteiger partial charge in [-0.15, -0.1) is 0 Å². The minimum absolute atomic E-state index is 0.416. The summed E-state index contributed by atoms with van der Waals surface area (Å²) in [7, 11) is 0. The summed E-state index contributed by atoms with van der Waals surface area (Å²) in [4.78, 5) is 19.0. The van der Waals surface area contributed by atoms with Crippen molar-refractivity contribution in [3.63, 3.8) is 0 Å². The Balaban J connectivity index is 3.31. The number of carbonyl (C=O) groups excluding carboxylic acids is 1. The maximum atomic E-state index is 10.5. The average molecular weight is 174 g/mol. The van der Waals surface area contributed by atoms with Gasteiger partial charge in [-0.1, -0.05) is 0 Å². The Morgan fingerprint density at radius 1 is 1.75 bits per heavy atom. The molecule has 1 rings (SSSR count). The minimum Gasteiger partial charge on any atom is -0.362 e. The van der Waals surface area contributed by atoms with E-state index in [0.29, 0.717) is 0 Å². The van der Waals surface area contributed by atoms with E-state index >= 15 is 0 Å². The van der Waals surface area contributed by atoms with Gasteiger partial charge in [0.1, 0.15) is 0 Å². The molecule has 0 bridgehead atoms. The van der Waals surface area contributed by atoms with Gasteiger partial charge in [0, 0.05) is 0 Å². The lowest BCUT2D eigenvalue weighted by Crippen LogP contribution is -2.34. The Morgan fingerprint density at radius 2 is 2.33 bits per heavy atom. The van der Waals surface area contributed by atoms with Crippen molar-refractivity contribution in [3.05, 3.63) is 21.0 Å². The number of hydrogen-bond donors (Lipinski definition) is 1. The highest BCUT2D eigenvalue weighted by Gasteiger charge is 2.29. The number of amides is 1. The van der Waals surface area contributed by atoms with Crippen LogP contribution in [-0.4, -0.2) is 16.0 Å². The molecule has 2 N–H and O–H groups in total. The molecule has 0 saturated heterocycles. The van der Waals surface area contributed by atoms with Crippen LogP contribution in [0.4, 0.5) is 5.82 Å². The summed E-state index contributed by atoms with van der Waals surface area (Å²) >= 11 is 0. The van der Waals surface area contributed by atoms with Gasteiger partial charge in [-0.3, -0.25) is 9.42 Å². The zero-order chi connectivity index (χ0) is 9.30. The highest BCUT2D eigenvalue weighted by molar-refractivity contribution is 5.92. The zero-order valence-corrected chi connectivity index (χ0v) is 5.46. The molecule has 0 aromatic carbocycles. The van der Waals surface area contributed by atoms with Gasteiger partial charge in [-0.05, 0) is 9.83 Å². The van der Waals surface area contributed by atoms with E-state index in [1.165, 1.54) is 0 Å². The van der Waals surface area contributed by atoms with Crippen LogP contribution in [0.1, 0.15) is 10.5 Å². The van der Waals surface area contributed by atoms with Crippen molar-refractivity contribution in [1.82, 2.24) is 5.16 Å². The van der Waals surface area contributed by atoms with E-state index in [-0.39, 0.29) is 0 Å². The highest BCUT2D eigenvalue weighted by atomic mass is 16.8.